The van der Waals surface area contributed by atoms with Crippen molar-refractivity contribution in [2.24, 2.45) is 0 Å². The van der Waals surface area contributed by atoms with Crippen LogP contribution >= 0.6 is 0 Å². The van der Waals surface area contributed by atoms with E-state index in [1.165, 1.54) is 5.56 Å². The molecule has 0 spiro atoms. The maximum Gasteiger partial charge on any atom is 0.115 e. The van der Waals surface area contributed by atoms with Gasteiger partial charge in [0.25, 0.3) is 0 Å². The lowest BCUT2D eigenvalue weighted by Gasteiger charge is -2.02. The maximum absolute atomic E-state index is 4.08. The maximum atomic E-state index is 4.08. The fraction of sp³-hybridized carbons (Fsp3) is 0.500. The molecule has 0 aromatic carbocycles. The summed E-state index contributed by atoms with van der Waals surface area (Å²) in [5, 5.41) is 3.23. The number of aryl methyl sites for hydroxylation is 1. The second-order valence-electron chi connectivity index (χ2n) is 2.41. The molecule has 0 radical (unpaired) electrons. The number of aromatic nitrogens is 2. The third-order valence-corrected chi connectivity index (χ3v) is 1.58. The largest absolute Gasteiger partial charge is 0.313 e. The molecule has 11 heavy (non-hydrogen) atoms. The molecule has 1 aromatic heterocycles. The van der Waals surface area contributed by atoms with Crippen LogP contribution in [-0.4, -0.2) is 16.5 Å². The Morgan fingerprint density at radius 3 is 3.00 bits per heavy atom. The molecule has 1 aromatic rings. The fourth-order valence-corrected chi connectivity index (χ4v) is 0.853. The third kappa shape index (κ3) is 2.27. The minimum atomic E-state index is 0.864. The molecule has 3 nitrogen and oxygen atoms in total. The summed E-state index contributed by atoms with van der Waals surface area (Å²) >= 11 is 0. The number of hydrogen-bond acceptors (Lipinski definition) is 3. The highest BCUT2D eigenvalue weighted by molar-refractivity contribution is 5.13. The number of nitrogens with one attached hydrogen (secondary N) is 1. The van der Waals surface area contributed by atoms with Crippen molar-refractivity contribution in [2.75, 3.05) is 6.54 Å². The van der Waals surface area contributed by atoms with Crippen LogP contribution in [0.25, 0.3) is 0 Å². The normalized spacial score (nSPS) is 10.0. The molecule has 0 aliphatic rings. The Balaban J connectivity index is 2.62. The predicted molar refractivity (Wildman–Crippen MR) is 44.1 cm³/mol. The van der Waals surface area contributed by atoms with E-state index in [0.717, 1.165) is 18.8 Å². The smallest absolute Gasteiger partial charge is 0.115 e. The van der Waals surface area contributed by atoms with Crippen LogP contribution in [0.3, 0.4) is 0 Å². The first-order chi connectivity index (χ1) is 5.34. The molecule has 0 bridgehead atoms. The first-order valence-electron chi connectivity index (χ1n) is 3.80. The number of nitrogens with zero attached hydrogens (tertiary/aromatic N) is 2. The molecule has 0 amide bonds. The number of hydrogen-bond donors (Lipinski definition) is 1. The summed E-state index contributed by atoms with van der Waals surface area (Å²) in [6.45, 7) is 5.92. The highest BCUT2D eigenvalue weighted by Gasteiger charge is 1.95. The van der Waals surface area contributed by atoms with E-state index >= 15 is 0 Å². The SMILES string of the molecule is CCNCc1cncnc1C. The lowest BCUT2D eigenvalue weighted by atomic mass is 10.2. The van der Waals surface area contributed by atoms with Gasteiger partial charge in [0.15, 0.2) is 0 Å². The molecule has 3 heteroatoms. The molecule has 1 N–H and O–H groups in total. The lowest BCUT2D eigenvalue weighted by Crippen LogP contribution is -2.13. The second-order valence-corrected chi connectivity index (χ2v) is 2.41. The van der Waals surface area contributed by atoms with E-state index in [0.29, 0.717) is 0 Å². The average Bonchev–Trinajstić information content (AvgIpc) is 2.03. The summed E-state index contributed by atoms with van der Waals surface area (Å²) in [6.07, 6.45) is 3.43. The first-order valence-corrected chi connectivity index (χ1v) is 3.80. The summed E-state index contributed by atoms with van der Waals surface area (Å²) in [5.41, 5.74) is 2.23. The Labute approximate surface area is 66.9 Å². The van der Waals surface area contributed by atoms with Gasteiger partial charge in [0.05, 0.1) is 0 Å². The summed E-state index contributed by atoms with van der Waals surface area (Å²) in [5.74, 6) is 0. The van der Waals surface area contributed by atoms with Crippen molar-refractivity contribution in [2.45, 2.75) is 20.4 Å². The van der Waals surface area contributed by atoms with Crippen LogP contribution in [0.1, 0.15) is 18.2 Å². The average molecular weight is 151 g/mol. The van der Waals surface area contributed by atoms with Gasteiger partial charge in [-0.05, 0) is 13.5 Å². The second kappa shape index (κ2) is 4.03. The van der Waals surface area contributed by atoms with Gasteiger partial charge >= 0.3 is 0 Å². The van der Waals surface area contributed by atoms with Gasteiger partial charge in [-0.15, -0.1) is 0 Å². The molecular weight excluding hydrogens is 138 g/mol. The van der Waals surface area contributed by atoms with E-state index in [-0.39, 0.29) is 0 Å². The molecule has 0 saturated carbocycles. The minimum Gasteiger partial charge on any atom is -0.313 e. The predicted octanol–water partition coefficient (Wildman–Crippen LogP) is 0.895. The van der Waals surface area contributed by atoms with Gasteiger partial charge < -0.3 is 5.32 Å². The molecule has 0 aliphatic heterocycles. The molecule has 1 rings (SSSR count). The Hall–Kier alpha value is -0.960. The summed E-state index contributed by atoms with van der Waals surface area (Å²) in [4.78, 5) is 8.03. The quantitative estimate of drug-likeness (QED) is 0.697. The first kappa shape index (κ1) is 8.14. The Morgan fingerprint density at radius 1 is 1.55 bits per heavy atom. The van der Waals surface area contributed by atoms with Crippen LogP contribution in [0.2, 0.25) is 0 Å². The molecule has 0 saturated heterocycles. The van der Waals surface area contributed by atoms with Crippen LogP contribution in [0.15, 0.2) is 12.5 Å². The van der Waals surface area contributed by atoms with E-state index in [1.807, 2.05) is 13.1 Å². The Bertz CT molecular complexity index is 222. The van der Waals surface area contributed by atoms with Gasteiger partial charge in [-0.3, -0.25) is 0 Å². The Morgan fingerprint density at radius 2 is 2.36 bits per heavy atom. The third-order valence-electron chi connectivity index (χ3n) is 1.58. The molecule has 0 unspecified atom stereocenters. The standard InChI is InChI=1S/C8H13N3/c1-3-9-4-8-5-10-6-11-7(8)2/h5-6,9H,3-4H2,1-2H3. The fourth-order valence-electron chi connectivity index (χ4n) is 0.853. The lowest BCUT2D eigenvalue weighted by molar-refractivity contribution is 0.716. The zero-order valence-electron chi connectivity index (χ0n) is 6.96. The van der Waals surface area contributed by atoms with Gasteiger partial charge in [0.2, 0.25) is 0 Å². The molecule has 60 valence electrons. The topological polar surface area (TPSA) is 37.8 Å². The molecule has 0 fully saturated rings. The molecular formula is C8H13N3. The van der Waals surface area contributed by atoms with E-state index in [4.69, 9.17) is 0 Å². The summed E-state index contributed by atoms with van der Waals surface area (Å²) in [7, 11) is 0. The molecule has 0 aliphatic carbocycles. The van der Waals surface area contributed by atoms with Gasteiger partial charge in [0, 0.05) is 24.0 Å². The van der Waals surface area contributed by atoms with Crippen LogP contribution < -0.4 is 5.32 Å². The van der Waals surface area contributed by atoms with Crippen LogP contribution in [-0.2, 0) is 6.54 Å². The summed E-state index contributed by atoms with van der Waals surface area (Å²) in [6, 6.07) is 0. The van der Waals surface area contributed by atoms with Crippen molar-refractivity contribution in [3.63, 3.8) is 0 Å². The number of rotatable bonds is 3. The Kier molecular flexibility index (Phi) is 2.98. The van der Waals surface area contributed by atoms with Crippen molar-refractivity contribution in [1.82, 2.24) is 15.3 Å². The zero-order chi connectivity index (χ0) is 8.10. The van der Waals surface area contributed by atoms with Crippen molar-refractivity contribution < 1.29 is 0 Å². The molecule has 1 heterocycles. The van der Waals surface area contributed by atoms with E-state index in [9.17, 15) is 0 Å². The monoisotopic (exact) mass is 151 g/mol. The minimum absolute atomic E-state index is 0.864. The van der Waals surface area contributed by atoms with Crippen molar-refractivity contribution in [1.29, 1.82) is 0 Å². The van der Waals surface area contributed by atoms with E-state index in [1.54, 1.807) is 6.33 Å². The zero-order valence-corrected chi connectivity index (χ0v) is 6.96. The van der Waals surface area contributed by atoms with Crippen LogP contribution in [0.4, 0.5) is 0 Å². The van der Waals surface area contributed by atoms with Crippen molar-refractivity contribution in [3.8, 4) is 0 Å². The van der Waals surface area contributed by atoms with Gasteiger partial charge in [0.1, 0.15) is 6.33 Å². The van der Waals surface area contributed by atoms with Crippen LogP contribution in [0.5, 0.6) is 0 Å². The van der Waals surface area contributed by atoms with Crippen molar-refractivity contribution in [3.05, 3.63) is 23.8 Å². The molecule has 0 atom stereocenters. The highest BCUT2D eigenvalue weighted by Crippen LogP contribution is 1.99. The van der Waals surface area contributed by atoms with E-state index in [2.05, 4.69) is 22.2 Å². The van der Waals surface area contributed by atoms with Crippen LogP contribution in [0, 0.1) is 6.92 Å². The van der Waals surface area contributed by atoms with Gasteiger partial charge in [-0.1, -0.05) is 6.92 Å². The highest BCUT2D eigenvalue weighted by atomic mass is 14.9. The van der Waals surface area contributed by atoms with Gasteiger partial charge in [-0.25, -0.2) is 9.97 Å². The van der Waals surface area contributed by atoms with Crippen molar-refractivity contribution >= 4 is 0 Å². The van der Waals surface area contributed by atoms with E-state index < -0.39 is 0 Å². The van der Waals surface area contributed by atoms with Gasteiger partial charge in [-0.2, -0.15) is 0 Å². The summed E-state index contributed by atoms with van der Waals surface area (Å²) < 4.78 is 0.